The van der Waals surface area contributed by atoms with Gasteiger partial charge in [-0.1, -0.05) is 18.2 Å². The number of amides is 6. The minimum atomic E-state index is -1.06. The summed E-state index contributed by atoms with van der Waals surface area (Å²) in [5.41, 5.74) is 6.47. The molecule has 0 bridgehead atoms. The average Bonchev–Trinajstić information content (AvgIpc) is 3.91. The minimum Gasteiger partial charge on any atom is -0.368 e. The van der Waals surface area contributed by atoms with Crippen molar-refractivity contribution in [2.75, 3.05) is 60.9 Å². The van der Waals surface area contributed by atoms with Gasteiger partial charge in [-0.25, -0.2) is 19.2 Å². The number of carbonyl (C=O) groups excluding carboxylic acids is 5. The van der Waals surface area contributed by atoms with E-state index in [1.807, 2.05) is 51.5 Å². The molecular formula is C50H51FN12O5S. The first-order valence-electron chi connectivity index (χ1n) is 23.8. The summed E-state index contributed by atoms with van der Waals surface area (Å²) in [6, 6.07) is 16.0. The van der Waals surface area contributed by atoms with Crippen molar-refractivity contribution >= 4 is 68.5 Å². The van der Waals surface area contributed by atoms with E-state index < -0.39 is 29.7 Å². The van der Waals surface area contributed by atoms with E-state index in [0.717, 1.165) is 79.5 Å². The maximum Gasteiger partial charge on any atom is 0.329 e. The molecule has 17 nitrogen and oxygen atoms in total. The van der Waals surface area contributed by atoms with Crippen molar-refractivity contribution in [1.82, 2.24) is 44.3 Å². The molecule has 8 heterocycles. The second-order valence-electron chi connectivity index (χ2n) is 19.2. The number of rotatable bonds is 10. The lowest BCUT2D eigenvalue weighted by Crippen LogP contribution is -2.54. The largest absolute Gasteiger partial charge is 0.368 e. The zero-order valence-electron chi connectivity index (χ0n) is 38.2. The zero-order valence-corrected chi connectivity index (χ0v) is 39.0. The van der Waals surface area contributed by atoms with Crippen LogP contribution in [0.2, 0.25) is 0 Å². The number of piperidine rings is 1. The van der Waals surface area contributed by atoms with Crippen LogP contribution in [0.4, 0.5) is 25.8 Å². The van der Waals surface area contributed by atoms with Crippen LogP contribution < -0.4 is 20.4 Å². The monoisotopic (exact) mass is 950 g/mol. The lowest BCUT2D eigenvalue weighted by Gasteiger charge is -2.42. The number of thiazole rings is 1. The molecule has 2 N–H and O–H groups in total. The number of fused-ring (bicyclic) bond motifs is 3. The van der Waals surface area contributed by atoms with Crippen molar-refractivity contribution in [3.05, 3.63) is 106 Å². The molecule has 1 saturated carbocycles. The minimum absolute atomic E-state index is 0.0308. The molecule has 6 aromatic rings. The van der Waals surface area contributed by atoms with E-state index in [9.17, 15) is 24.0 Å². The first-order chi connectivity index (χ1) is 33.5. The molecule has 354 valence electrons. The summed E-state index contributed by atoms with van der Waals surface area (Å²) >= 11 is 1.28. The Balaban J connectivity index is 0.669. The third-order valence-electron chi connectivity index (χ3n) is 15.3. The normalized spacial score (nSPS) is 20.4. The van der Waals surface area contributed by atoms with Gasteiger partial charge in [0, 0.05) is 97.7 Å². The maximum absolute atomic E-state index is 16.0. The average molecular weight is 951 g/mol. The molecule has 3 saturated heterocycles. The van der Waals surface area contributed by atoms with Crippen molar-refractivity contribution in [3.8, 4) is 11.1 Å². The first-order valence-corrected chi connectivity index (χ1v) is 24.7. The summed E-state index contributed by atoms with van der Waals surface area (Å²) in [4.78, 5) is 84.7. The fourth-order valence-electron chi connectivity index (χ4n) is 11.4. The SMILES string of the molecule is Cn1nc(N2CCC(=O)NC2=O)c2ccc(C3CCN(CC(=O)N4CCN(c5ccc(-c6cc(F)c7c(c6)C(=O)N(C(C(=O)Nc6nccs6)c6ncn8c6CCC8)C7)cc5)CC4)C4(CC4)C3)cc21. The van der Waals surface area contributed by atoms with E-state index in [2.05, 4.69) is 47.6 Å². The van der Waals surface area contributed by atoms with Gasteiger partial charge in [0.05, 0.1) is 30.6 Å². The van der Waals surface area contributed by atoms with Crippen LogP contribution in [-0.2, 0) is 40.9 Å². The van der Waals surface area contributed by atoms with Crippen molar-refractivity contribution in [2.24, 2.45) is 7.05 Å². The van der Waals surface area contributed by atoms with Gasteiger partial charge in [-0.2, -0.15) is 5.10 Å². The molecule has 12 rings (SSSR count). The van der Waals surface area contributed by atoms with Gasteiger partial charge in [-0.15, -0.1) is 11.3 Å². The highest BCUT2D eigenvalue weighted by atomic mass is 32.1. The summed E-state index contributed by atoms with van der Waals surface area (Å²) in [6.45, 7) is 4.90. The molecule has 4 fully saturated rings. The topological polar surface area (TPSA) is 174 Å². The molecule has 2 atom stereocenters. The van der Waals surface area contributed by atoms with Gasteiger partial charge in [0.1, 0.15) is 5.82 Å². The predicted molar refractivity (Wildman–Crippen MR) is 256 cm³/mol. The van der Waals surface area contributed by atoms with E-state index in [1.54, 1.807) is 24.0 Å². The number of aryl methyl sites for hydroxylation is 2. The van der Waals surface area contributed by atoms with Crippen molar-refractivity contribution < 1.29 is 28.4 Å². The van der Waals surface area contributed by atoms with Crippen LogP contribution in [0.15, 0.2) is 72.5 Å². The number of imidazole rings is 1. The highest BCUT2D eigenvalue weighted by Crippen LogP contribution is 2.52. The van der Waals surface area contributed by atoms with Gasteiger partial charge in [-0.3, -0.25) is 44.3 Å². The number of nitrogens with zero attached hydrogens (tertiary/aromatic N) is 10. The van der Waals surface area contributed by atoms with Gasteiger partial charge in [0.25, 0.3) is 11.8 Å². The number of hydrogen-bond acceptors (Lipinski definition) is 11. The highest BCUT2D eigenvalue weighted by Gasteiger charge is 2.52. The molecule has 3 aromatic carbocycles. The summed E-state index contributed by atoms with van der Waals surface area (Å²) in [6.07, 6.45) is 9.30. The zero-order chi connectivity index (χ0) is 47.1. The Morgan fingerprint density at radius 3 is 2.54 bits per heavy atom. The number of carbonyl (C=O) groups is 5. The Bertz CT molecular complexity index is 3070. The second-order valence-corrected chi connectivity index (χ2v) is 20.1. The summed E-state index contributed by atoms with van der Waals surface area (Å²) in [5.74, 6) is -0.568. The number of piperazine rings is 1. The number of aromatic nitrogens is 5. The summed E-state index contributed by atoms with van der Waals surface area (Å²) < 4.78 is 19.8. The third-order valence-corrected chi connectivity index (χ3v) is 16.0. The predicted octanol–water partition coefficient (Wildman–Crippen LogP) is 5.82. The number of likely N-dealkylation sites (tertiary alicyclic amines) is 1. The van der Waals surface area contributed by atoms with Gasteiger partial charge in [0.2, 0.25) is 11.8 Å². The standard InChI is InChI=1S/C50H51FN12O5S/c1-57-40-25-31(6-9-35(40)45(56-57)62-17-11-41(64)54-49(62)68)32-10-16-61(50(26-32)12-13-50)28-42(65)59-20-18-58(19-21-59)34-7-4-30(5-8-34)33-23-36-37(38(51)24-33)27-63(47(36)67)44(46(66)55-48-52-14-22-69-48)43-39-3-2-15-60(39)29-53-43/h4-9,14,22-25,29,32,44H,2-3,10-13,15-21,26-28H2,1H3,(H,52,55,66)(H,54,64,68). The smallest absolute Gasteiger partial charge is 0.329 e. The number of imide groups is 1. The lowest BCUT2D eigenvalue weighted by atomic mass is 9.83. The number of anilines is 3. The van der Waals surface area contributed by atoms with Crippen LogP contribution in [0.25, 0.3) is 22.0 Å². The first kappa shape index (κ1) is 43.3. The molecule has 0 radical (unpaired) electrons. The van der Waals surface area contributed by atoms with E-state index in [-0.39, 0.29) is 41.4 Å². The molecule has 6 amide bonds. The molecule has 1 spiro atoms. The van der Waals surface area contributed by atoms with Crippen LogP contribution in [0.3, 0.4) is 0 Å². The Morgan fingerprint density at radius 1 is 0.942 bits per heavy atom. The van der Waals surface area contributed by atoms with Gasteiger partial charge in [-0.05, 0) is 104 Å². The number of urea groups is 1. The Hall–Kier alpha value is -6.99. The van der Waals surface area contributed by atoms with E-state index in [0.29, 0.717) is 67.4 Å². The van der Waals surface area contributed by atoms with Crippen LogP contribution in [0, 0.1) is 5.82 Å². The Kier molecular flexibility index (Phi) is 10.6. The number of benzene rings is 3. The van der Waals surface area contributed by atoms with Gasteiger partial charge >= 0.3 is 6.03 Å². The second kappa shape index (κ2) is 16.9. The van der Waals surface area contributed by atoms with Crippen LogP contribution in [0.1, 0.15) is 83.4 Å². The maximum atomic E-state index is 16.0. The lowest BCUT2D eigenvalue weighted by molar-refractivity contribution is -0.134. The van der Waals surface area contributed by atoms with Crippen molar-refractivity contribution in [3.63, 3.8) is 0 Å². The Labute approximate surface area is 400 Å². The fraction of sp³-hybridized carbons (Fsp3) is 0.400. The molecule has 2 unspecified atom stereocenters. The number of nitrogens with one attached hydrogen (secondary N) is 2. The van der Waals surface area contributed by atoms with E-state index in [1.165, 1.54) is 32.8 Å². The number of hydrogen-bond donors (Lipinski definition) is 2. The molecule has 5 aliphatic heterocycles. The van der Waals surface area contributed by atoms with Crippen molar-refractivity contribution in [2.45, 2.75) is 75.5 Å². The molecular weight excluding hydrogens is 900 g/mol. The third kappa shape index (κ3) is 7.71. The van der Waals surface area contributed by atoms with Crippen LogP contribution >= 0.6 is 11.3 Å². The van der Waals surface area contributed by atoms with Crippen LogP contribution in [-0.4, -0.2) is 120 Å². The molecule has 19 heteroatoms. The summed E-state index contributed by atoms with van der Waals surface area (Å²) in [7, 11) is 1.88. The highest BCUT2D eigenvalue weighted by molar-refractivity contribution is 7.13. The molecule has 1 aliphatic carbocycles. The van der Waals surface area contributed by atoms with Gasteiger partial charge in [0.15, 0.2) is 17.0 Å². The Morgan fingerprint density at radius 2 is 1.77 bits per heavy atom. The van der Waals surface area contributed by atoms with E-state index in [4.69, 9.17) is 0 Å². The molecule has 6 aliphatic rings. The quantitative estimate of drug-likeness (QED) is 0.170. The summed E-state index contributed by atoms with van der Waals surface area (Å²) in [5, 5.41) is 13.0. The van der Waals surface area contributed by atoms with Crippen molar-refractivity contribution in [1.29, 1.82) is 0 Å². The van der Waals surface area contributed by atoms with Crippen LogP contribution in [0.5, 0.6) is 0 Å². The van der Waals surface area contributed by atoms with Gasteiger partial charge < -0.3 is 19.3 Å². The molecule has 3 aromatic heterocycles. The molecule has 69 heavy (non-hydrogen) atoms. The number of halogens is 1. The fourth-order valence-corrected chi connectivity index (χ4v) is 11.9. The van der Waals surface area contributed by atoms with E-state index >= 15 is 4.39 Å².